The summed E-state index contributed by atoms with van der Waals surface area (Å²) < 4.78 is 0. The van der Waals surface area contributed by atoms with Crippen LogP contribution in [0, 0.1) is 12.8 Å². The molecule has 0 radical (unpaired) electrons. The van der Waals surface area contributed by atoms with Gasteiger partial charge in [0.1, 0.15) is 5.82 Å². The number of pyridine rings is 1. The lowest BCUT2D eigenvalue weighted by molar-refractivity contribution is 0.204. The predicted molar refractivity (Wildman–Crippen MR) is 76.9 cm³/mol. The number of nitrogens with one attached hydrogen (secondary N) is 1. The van der Waals surface area contributed by atoms with Crippen LogP contribution >= 0.6 is 0 Å². The smallest absolute Gasteiger partial charge is 0.126 e. The van der Waals surface area contributed by atoms with Crippen molar-refractivity contribution in [1.29, 1.82) is 0 Å². The third kappa shape index (κ3) is 4.30. The first-order valence-corrected chi connectivity index (χ1v) is 7.13. The zero-order chi connectivity index (χ0) is 12.8. The molecule has 3 heteroatoms. The van der Waals surface area contributed by atoms with E-state index >= 15 is 0 Å². The maximum Gasteiger partial charge on any atom is 0.126 e. The Hall–Kier alpha value is -1.09. The minimum absolute atomic E-state index is 0.672. The van der Waals surface area contributed by atoms with Crippen molar-refractivity contribution < 1.29 is 0 Å². The molecule has 0 saturated carbocycles. The molecule has 100 valence electrons. The van der Waals surface area contributed by atoms with E-state index in [-0.39, 0.29) is 0 Å². The number of piperidine rings is 1. The third-order valence-electron chi connectivity index (χ3n) is 3.57. The van der Waals surface area contributed by atoms with E-state index in [1.807, 2.05) is 12.3 Å². The molecule has 0 bridgehead atoms. The van der Waals surface area contributed by atoms with Gasteiger partial charge in [0.05, 0.1) is 0 Å². The van der Waals surface area contributed by atoms with Crippen LogP contribution in [0.5, 0.6) is 0 Å². The van der Waals surface area contributed by atoms with Gasteiger partial charge in [-0.15, -0.1) is 0 Å². The van der Waals surface area contributed by atoms with Crippen LogP contribution in [0.3, 0.4) is 0 Å². The van der Waals surface area contributed by atoms with Crippen LogP contribution in [-0.2, 0) is 0 Å². The first kappa shape index (κ1) is 13.3. The van der Waals surface area contributed by atoms with Gasteiger partial charge in [-0.2, -0.15) is 0 Å². The van der Waals surface area contributed by atoms with E-state index < -0.39 is 0 Å². The largest absolute Gasteiger partial charge is 0.370 e. The highest BCUT2D eigenvalue weighted by Gasteiger charge is 2.13. The predicted octanol–water partition coefficient (Wildman–Crippen LogP) is 2.92. The fraction of sp³-hybridized carbons (Fsp3) is 0.667. The van der Waals surface area contributed by atoms with E-state index in [4.69, 9.17) is 0 Å². The molecule has 0 spiro atoms. The average molecular weight is 247 g/mol. The van der Waals surface area contributed by atoms with Crippen LogP contribution in [-0.4, -0.2) is 36.1 Å². The number of nitrogens with zero attached hydrogens (tertiary/aromatic N) is 2. The van der Waals surface area contributed by atoms with Crippen LogP contribution in [0.25, 0.3) is 0 Å². The molecule has 18 heavy (non-hydrogen) atoms. The van der Waals surface area contributed by atoms with Gasteiger partial charge >= 0.3 is 0 Å². The van der Waals surface area contributed by atoms with Crippen LogP contribution in [0.15, 0.2) is 18.3 Å². The molecule has 1 aliphatic rings. The topological polar surface area (TPSA) is 28.2 Å². The number of aryl methyl sites for hydroxylation is 1. The van der Waals surface area contributed by atoms with Crippen LogP contribution in [0.1, 0.15) is 31.7 Å². The Balaban J connectivity index is 1.72. The molecule has 1 atom stereocenters. The van der Waals surface area contributed by atoms with Crippen molar-refractivity contribution in [3.63, 3.8) is 0 Å². The minimum atomic E-state index is 0.672. The summed E-state index contributed by atoms with van der Waals surface area (Å²) in [6.45, 7) is 9.20. The molecule has 1 aromatic rings. The monoisotopic (exact) mass is 247 g/mol. The summed E-state index contributed by atoms with van der Waals surface area (Å²) in [5.74, 6) is 1.67. The highest BCUT2D eigenvalue weighted by Crippen LogP contribution is 2.12. The van der Waals surface area contributed by atoms with E-state index in [1.54, 1.807) is 0 Å². The van der Waals surface area contributed by atoms with E-state index in [0.717, 1.165) is 12.4 Å². The minimum Gasteiger partial charge on any atom is -0.370 e. The lowest BCUT2D eigenvalue weighted by Crippen LogP contribution is -2.35. The summed E-state index contributed by atoms with van der Waals surface area (Å²) in [5.41, 5.74) is 1.26. The van der Waals surface area contributed by atoms with Gasteiger partial charge in [-0.25, -0.2) is 4.98 Å². The number of anilines is 1. The Labute approximate surface area is 111 Å². The molecule has 1 N–H and O–H groups in total. The Morgan fingerprint density at radius 2 is 2.11 bits per heavy atom. The molecule has 0 aliphatic carbocycles. The molecule has 1 fully saturated rings. The number of hydrogen-bond acceptors (Lipinski definition) is 3. The summed E-state index contributed by atoms with van der Waals surface area (Å²) in [6, 6.07) is 4.13. The van der Waals surface area contributed by atoms with Gasteiger partial charge in [0.15, 0.2) is 0 Å². The highest BCUT2D eigenvalue weighted by molar-refractivity contribution is 5.36. The van der Waals surface area contributed by atoms with Crippen molar-refractivity contribution in [3.05, 3.63) is 23.9 Å². The molecule has 1 aliphatic heterocycles. The van der Waals surface area contributed by atoms with Crippen molar-refractivity contribution in [2.75, 3.05) is 31.5 Å². The number of hydrogen-bond donors (Lipinski definition) is 1. The number of likely N-dealkylation sites (tertiary alicyclic amines) is 1. The van der Waals surface area contributed by atoms with Crippen LogP contribution in [0.4, 0.5) is 5.82 Å². The van der Waals surface area contributed by atoms with Crippen molar-refractivity contribution in [3.8, 4) is 0 Å². The number of aromatic nitrogens is 1. The zero-order valence-corrected chi connectivity index (χ0v) is 11.7. The van der Waals surface area contributed by atoms with Gasteiger partial charge in [0.2, 0.25) is 0 Å². The lowest BCUT2D eigenvalue weighted by atomic mass is 10.1. The van der Waals surface area contributed by atoms with Crippen LogP contribution < -0.4 is 5.32 Å². The first-order valence-electron chi connectivity index (χ1n) is 7.13. The molecular formula is C15H25N3. The summed E-state index contributed by atoms with van der Waals surface area (Å²) in [4.78, 5) is 6.93. The van der Waals surface area contributed by atoms with Gasteiger partial charge in [0.25, 0.3) is 0 Å². The summed E-state index contributed by atoms with van der Waals surface area (Å²) in [5, 5.41) is 3.44. The normalized spacial score (nSPS) is 18.6. The summed E-state index contributed by atoms with van der Waals surface area (Å²) in [6.07, 6.45) is 6.03. The first-order chi connectivity index (χ1) is 8.74. The van der Waals surface area contributed by atoms with Gasteiger partial charge < -0.3 is 10.2 Å². The second-order valence-electron chi connectivity index (χ2n) is 5.57. The molecule has 0 aromatic carbocycles. The molecular weight excluding hydrogens is 222 g/mol. The van der Waals surface area contributed by atoms with E-state index in [0.29, 0.717) is 5.92 Å². The maximum absolute atomic E-state index is 4.33. The van der Waals surface area contributed by atoms with E-state index in [9.17, 15) is 0 Å². The fourth-order valence-corrected chi connectivity index (χ4v) is 2.56. The molecule has 2 rings (SSSR count). The molecule has 1 saturated heterocycles. The van der Waals surface area contributed by atoms with Gasteiger partial charge in [-0.1, -0.05) is 13.3 Å². The molecule has 2 heterocycles. The van der Waals surface area contributed by atoms with E-state index in [1.165, 1.54) is 44.5 Å². The maximum atomic E-state index is 4.33. The van der Waals surface area contributed by atoms with Crippen molar-refractivity contribution in [2.24, 2.45) is 5.92 Å². The number of rotatable bonds is 5. The van der Waals surface area contributed by atoms with Gasteiger partial charge in [-0.05, 0) is 56.5 Å². The molecule has 1 aromatic heterocycles. The molecule has 3 nitrogen and oxygen atoms in total. The van der Waals surface area contributed by atoms with Crippen LogP contribution in [0.2, 0.25) is 0 Å². The Morgan fingerprint density at radius 3 is 2.83 bits per heavy atom. The quantitative estimate of drug-likeness (QED) is 0.867. The Kier molecular flexibility index (Phi) is 5.00. The summed E-state index contributed by atoms with van der Waals surface area (Å²) >= 11 is 0. The SMILES string of the molecule is Cc1ccnc(NCC(C)CN2CCCCC2)c1. The van der Waals surface area contributed by atoms with E-state index in [2.05, 4.69) is 35.1 Å². The second kappa shape index (κ2) is 6.74. The standard InChI is InChI=1S/C15H25N3/c1-13-6-7-16-15(10-13)17-11-14(2)12-18-8-4-3-5-9-18/h6-7,10,14H,3-5,8-9,11-12H2,1-2H3,(H,16,17). The zero-order valence-electron chi connectivity index (χ0n) is 11.7. The fourth-order valence-electron chi connectivity index (χ4n) is 2.56. The van der Waals surface area contributed by atoms with Gasteiger partial charge in [0, 0.05) is 19.3 Å². The molecule has 0 amide bonds. The van der Waals surface area contributed by atoms with Gasteiger partial charge in [-0.3, -0.25) is 0 Å². The summed E-state index contributed by atoms with van der Waals surface area (Å²) in [7, 11) is 0. The van der Waals surface area contributed by atoms with Crippen molar-refractivity contribution in [2.45, 2.75) is 33.1 Å². The second-order valence-corrected chi connectivity index (χ2v) is 5.57. The average Bonchev–Trinajstić information content (AvgIpc) is 2.38. The third-order valence-corrected chi connectivity index (χ3v) is 3.57. The lowest BCUT2D eigenvalue weighted by Gasteiger charge is -2.29. The Bertz CT molecular complexity index is 359. The Morgan fingerprint density at radius 1 is 1.33 bits per heavy atom. The van der Waals surface area contributed by atoms with Crippen molar-refractivity contribution in [1.82, 2.24) is 9.88 Å². The highest BCUT2D eigenvalue weighted by atomic mass is 15.1. The molecule has 1 unspecified atom stereocenters. The van der Waals surface area contributed by atoms with Crippen molar-refractivity contribution >= 4 is 5.82 Å².